The van der Waals surface area contributed by atoms with Crippen LogP contribution in [-0.4, -0.2) is 47.1 Å². The van der Waals surface area contributed by atoms with Crippen molar-refractivity contribution in [3.05, 3.63) is 29.6 Å². The maximum Gasteiger partial charge on any atom is 0.337 e. The third-order valence-corrected chi connectivity index (χ3v) is 2.88. The van der Waals surface area contributed by atoms with Gasteiger partial charge in [-0.15, -0.1) is 0 Å². The molecule has 0 aliphatic carbocycles. The van der Waals surface area contributed by atoms with E-state index in [1.807, 2.05) is 0 Å². The molecule has 18 heavy (non-hydrogen) atoms. The molecule has 1 heterocycles. The molecule has 0 radical (unpaired) electrons. The van der Waals surface area contributed by atoms with Gasteiger partial charge in [-0.3, -0.25) is 4.98 Å². The van der Waals surface area contributed by atoms with E-state index in [1.165, 1.54) is 6.20 Å². The number of rotatable bonds is 8. The summed E-state index contributed by atoms with van der Waals surface area (Å²) in [5.41, 5.74) is 1.08. The normalized spacial score (nSPS) is 10.8. The number of aromatic carboxylic acids is 1. The average molecular weight is 251 g/mol. The minimum atomic E-state index is -0.941. The molecule has 0 unspecified atom stereocenters. The summed E-state index contributed by atoms with van der Waals surface area (Å²) in [4.78, 5) is 17.1. The fourth-order valence-corrected chi connectivity index (χ4v) is 1.65. The van der Waals surface area contributed by atoms with Gasteiger partial charge in [0.15, 0.2) is 0 Å². The SMILES string of the molecule is CCN(CC)CCNCc1ccc(C(=O)O)cn1. The van der Waals surface area contributed by atoms with E-state index in [2.05, 4.69) is 29.0 Å². The highest BCUT2D eigenvalue weighted by Gasteiger charge is 2.03. The highest BCUT2D eigenvalue weighted by molar-refractivity contribution is 5.87. The summed E-state index contributed by atoms with van der Waals surface area (Å²) in [6, 6.07) is 3.32. The van der Waals surface area contributed by atoms with Crippen LogP contribution in [0.3, 0.4) is 0 Å². The number of carboxylic acid groups (broad SMARTS) is 1. The highest BCUT2D eigenvalue weighted by Crippen LogP contribution is 1.99. The Bertz CT molecular complexity index is 361. The second-order valence-corrected chi connectivity index (χ2v) is 4.05. The number of aromatic nitrogens is 1. The van der Waals surface area contributed by atoms with Crippen molar-refractivity contribution in [2.45, 2.75) is 20.4 Å². The Labute approximate surface area is 108 Å². The van der Waals surface area contributed by atoms with E-state index in [-0.39, 0.29) is 5.56 Å². The van der Waals surface area contributed by atoms with Gasteiger partial charge in [0.25, 0.3) is 0 Å². The molecule has 5 heteroatoms. The minimum Gasteiger partial charge on any atom is -0.478 e. The summed E-state index contributed by atoms with van der Waals surface area (Å²) in [5.74, 6) is -0.941. The van der Waals surface area contributed by atoms with E-state index < -0.39 is 5.97 Å². The first-order valence-electron chi connectivity index (χ1n) is 6.28. The Morgan fingerprint density at radius 2 is 2.11 bits per heavy atom. The molecule has 0 aliphatic rings. The van der Waals surface area contributed by atoms with Crippen LogP contribution in [0.5, 0.6) is 0 Å². The molecule has 0 atom stereocenters. The molecular weight excluding hydrogens is 230 g/mol. The number of hydrogen-bond donors (Lipinski definition) is 2. The van der Waals surface area contributed by atoms with Crippen LogP contribution in [0.15, 0.2) is 18.3 Å². The van der Waals surface area contributed by atoms with Gasteiger partial charge in [-0.05, 0) is 25.2 Å². The number of carboxylic acids is 1. The quantitative estimate of drug-likeness (QED) is 0.680. The number of carbonyl (C=O) groups is 1. The fraction of sp³-hybridized carbons (Fsp3) is 0.538. The second kappa shape index (κ2) is 7.79. The molecule has 0 saturated heterocycles. The van der Waals surface area contributed by atoms with E-state index >= 15 is 0 Å². The van der Waals surface area contributed by atoms with Crippen LogP contribution in [0.25, 0.3) is 0 Å². The molecule has 0 aliphatic heterocycles. The van der Waals surface area contributed by atoms with Gasteiger partial charge in [0.1, 0.15) is 0 Å². The lowest BCUT2D eigenvalue weighted by atomic mass is 10.2. The predicted molar refractivity (Wildman–Crippen MR) is 70.7 cm³/mol. The van der Waals surface area contributed by atoms with Crippen LogP contribution >= 0.6 is 0 Å². The van der Waals surface area contributed by atoms with Crippen LogP contribution in [0, 0.1) is 0 Å². The molecular formula is C13H21N3O2. The monoisotopic (exact) mass is 251 g/mol. The van der Waals surface area contributed by atoms with Crippen molar-refractivity contribution in [1.82, 2.24) is 15.2 Å². The molecule has 0 saturated carbocycles. The zero-order chi connectivity index (χ0) is 13.4. The molecule has 0 spiro atoms. The Balaban J connectivity index is 2.29. The van der Waals surface area contributed by atoms with Gasteiger partial charge in [0.05, 0.1) is 11.3 Å². The van der Waals surface area contributed by atoms with Crippen molar-refractivity contribution in [3.8, 4) is 0 Å². The predicted octanol–water partition coefficient (Wildman–Crippen LogP) is 1.21. The second-order valence-electron chi connectivity index (χ2n) is 4.05. The van der Waals surface area contributed by atoms with E-state index in [0.717, 1.165) is 31.9 Å². The van der Waals surface area contributed by atoms with Crippen molar-refractivity contribution >= 4 is 5.97 Å². The van der Waals surface area contributed by atoms with Crippen molar-refractivity contribution in [3.63, 3.8) is 0 Å². The molecule has 0 amide bonds. The lowest BCUT2D eigenvalue weighted by Gasteiger charge is -2.17. The number of likely N-dealkylation sites (N-methyl/N-ethyl adjacent to an activating group) is 1. The Hall–Kier alpha value is -1.46. The van der Waals surface area contributed by atoms with E-state index in [1.54, 1.807) is 12.1 Å². The fourth-order valence-electron chi connectivity index (χ4n) is 1.65. The standard InChI is InChI=1S/C13H21N3O2/c1-3-16(4-2)8-7-14-10-12-6-5-11(9-15-12)13(17)18/h5-6,9,14H,3-4,7-8,10H2,1-2H3,(H,17,18). The third-order valence-electron chi connectivity index (χ3n) is 2.88. The molecule has 0 fully saturated rings. The summed E-state index contributed by atoms with van der Waals surface area (Å²) < 4.78 is 0. The Kier molecular flexibility index (Phi) is 6.32. The molecule has 0 aromatic carbocycles. The Morgan fingerprint density at radius 3 is 2.61 bits per heavy atom. The number of nitrogens with one attached hydrogen (secondary N) is 1. The molecule has 2 N–H and O–H groups in total. The van der Waals surface area contributed by atoms with E-state index in [0.29, 0.717) is 6.54 Å². The van der Waals surface area contributed by atoms with Gasteiger partial charge in [-0.25, -0.2) is 4.79 Å². The van der Waals surface area contributed by atoms with Crippen LogP contribution in [-0.2, 0) is 6.54 Å². The van der Waals surface area contributed by atoms with Gasteiger partial charge < -0.3 is 15.3 Å². The van der Waals surface area contributed by atoms with Gasteiger partial charge in [0.2, 0.25) is 0 Å². The van der Waals surface area contributed by atoms with E-state index in [9.17, 15) is 4.79 Å². The third kappa shape index (κ3) is 4.81. The number of pyridine rings is 1. The molecule has 0 bridgehead atoms. The number of hydrogen-bond acceptors (Lipinski definition) is 4. The molecule has 100 valence electrons. The molecule has 1 aromatic rings. The summed E-state index contributed by atoms with van der Waals surface area (Å²) in [6.45, 7) is 9.00. The highest BCUT2D eigenvalue weighted by atomic mass is 16.4. The van der Waals surface area contributed by atoms with Crippen molar-refractivity contribution < 1.29 is 9.90 Å². The first-order valence-corrected chi connectivity index (χ1v) is 6.28. The topological polar surface area (TPSA) is 65.5 Å². The molecule has 5 nitrogen and oxygen atoms in total. The van der Waals surface area contributed by atoms with Crippen LogP contribution in [0.4, 0.5) is 0 Å². The first-order chi connectivity index (χ1) is 8.67. The van der Waals surface area contributed by atoms with Gasteiger partial charge in [-0.2, -0.15) is 0 Å². The van der Waals surface area contributed by atoms with Crippen LogP contribution in [0.1, 0.15) is 29.9 Å². The van der Waals surface area contributed by atoms with Gasteiger partial charge in [-0.1, -0.05) is 13.8 Å². The van der Waals surface area contributed by atoms with Gasteiger partial charge >= 0.3 is 5.97 Å². The summed E-state index contributed by atoms with van der Waals surface area (Å²) in [7, 11) is 0. The average Bonchev–Trinajstić information content (AvgIpc) is 2.39. The smallest absolute Gasteiger partial charge is 0.337 e. The maximum atomic E-state index is 10.7. The molecule has 1 rings (SSSR count). The summed E-state index contributed by atoms with van der Waals surface area (Å²) >= 11 is 0. The van der Waals surface area contributed by atoms with Gasteiger partial charge in [0, 0.05) is 25.8 Å². The zero-order valence-electron chi connectivity index (χ0n) is 11.0. The lowest BCUT2D eigenvalue weighted by molar-refractivity contribution is 0.0696. The number of nitrogens with zero attached hydrogens (tertiary/aromatic N) is 2. The minimum absolute atomic E-state index is 0.224. The zero-order valence-corrected chi connectivity index (χ0v) is 11.0. The van der Waals surface area contributed by atoms with Crippen molar-refractivity contribution in [1.29, 1.82) is 0 Å². The van der Waals surface area contributed by atoms with E-state index in [4.69, 9.17) is 5.11 Å². The van der Waals surface area contributed by atoms with Crippen molar-refractivity contribution in [2.75, 3.05) is 26.2 Å². The Morgan fingerprint density at radius 1 is 1.39 bits per heavy atom. The molecule has 1 aromatic heterocycles. The summed E-state index contributed by atoms with van der Waals surface area (Å²) in [6.07, 6.45) is 1.39. The summed E-state index contributed by atoms with van der Waals surface area (Å²) in [5, 5.41) is 12.0. The lowest BCUT2D eigenvalue weighted by Crippen LogP contribution is -2.31. The first kappa shape index (κ1) is 14.6. The maximum absolute atomic E-state index is 10.7. The largest absolute Gasteiger partial charge is 0.478 e. The van der Waals surface area contributed by atoms with Crippen molar-refractivity contribution in [2.24, 2.45) is 0 Å². The van der Waals surface area contributed by atoms with Crippen LogP contribution in [0.2, 0.25) is 0 Å². The van der Waals surface area contributed by atoms with Crippen LogP contribution < -0.4 is 5.32 Å².